The van der Waals surface area contributed by atoms with Crippen molar-refractivity contribution in [3.63, 3.8) is 0 Å². The molecule has 2 heterocycles. The Morgan fingerprint density at radius 2 is 0.897 bits per heavy atom. The molecule has 274 valence electrons. The Morgan fingerprint density at radius 1 is 0.345 bits per heavy atom. The van der Waals surface area contributed by atoms with Crippen LogP contribution in [0.15, 0.2) is 221 Å². The highest BCUT2D eigenvalue weighted by molar-refractivity contribution is 6.16. The lowest BCUT2D eigenvalue weighted by Gasteiger charge is -2.26. The fourth-order valence-electron chi connectivity index (χ4n) is 8.32. The summed E-state index contributed by atoms with van der Waals surface area (Å²) in [6.45, 7) is 0. The number of hydrogen-bond acceptors (Lipinski definition) is 4. The van der Waals surface area contributed by atoms with Gasteiger partial charge in [0.2, 0.25) is 0 Å². The molecule has 0 fully saturated rings. The molecule has 58 heavy (non-hydrogen) atoms. The van der Waals surface area contributed by atoms with Crippen LogP contribution in [0.2, 0.25) is 0 Å². The summed E-state index contributed by atoms with van der Waals surface area (Å²) in [7, 11) is 0. The molecule has 0 amide bonds. The van der Waals surface area contributed by atoms with E-state index >= 15 is 0 Å². The van der Waals surface area contributed by atoms with Gasteiger partial charge >= 0.3 is 0 Å². The van der Waals surface area contributed by atoms with Crippen molar-refractivity contribution >= 4 is 72.3 Å². The zero-order valence-electron chi connectivity index (χ0n) is 31.5. The van der Waals surface area contributed by atoms with Gasteiger partial charge in [0.1, 0.15) is 16.7 Å². The Labute approximate surface area is 335 Å². The SMILES string of the molecule is c1ccc(Nc2ccc3c(oc4c(N(c5ccc(-c6ccccc6)cc5)c5ccc(-c6cccc7c6oc6ccccc67)cc5)cccc43)c2-c2ccccc2)cc1. The maximum atomic E-state index is 7.14. The number of nitrogens with zero attached hydrogens (tertiary/aromatic N) is 1. The number of anilines is 5. The van der Waals surface area contributed by atoms with Crippen LogP contribution in [0.5, 0.6) is 0 Å². The van der Waals surface area contributed by atoms with Crippen LogP contribution in [0.4, 0.5) is 28.4 Å². The van der Waals surface area contributed by atoms with Gasteiger partial charge in [-0.15, -0.1) is 0 Å². The number of para-hydroxylation sites is 4. The monoisotopic (exact) mass is 744 g/mol. The topological polar surface area (TPSA) is 41.6 Å². The molecule has 2 aromatic heterocycles. The van der Waals surface area contributed by atoms with Gasteiger partial charge in [0.05, 0.1) is 11.4 Å². The number of hydrogen-bond donors (Lipinski definition) is 1. The van der Waals surface area contributed by atoms with Crippen molar-refractivity contribution < 1.29 is 8.83 Å². The first-order valence-corrected chi connectivity index (χ1v) is 19.6. The minimum Gasteiger partial charge on any atom is -0.455 e. The van der Waals surface area contributed by atoms with Crippen molar-refractivity contribution in [1.82, 2.24) is 0 Å². The molecule has 0 spiro atoms. The molecule has 4 heteroatoms. The van der Waals surface area contributed by atoms with Crippen LogP contribution < -0.4 is 10.2 Å². The number of fused-ring (bicyclic) bond motifs is 6. The van der Waals surface area contributed by atoms with Crippen LogP contribution in [0.3, 0.4) is 0 Å². The summed E-state index contributed by atoms with van der Waals surface area (Å²) in [5.74, 6) is 0. The Kier molecular flexibility index (Phi) is 8.11. The van der Waals surface area contributed by atoms with E-state index in [-0.39, 0.29) is 0 Å². The normalized spacial score (nSPS) is 11.4. The molecule has 0 aliphatic rings. The summed E-state index contributed by atoms with van der Waals surface area (Å²) in [6, 6.07) is 74.3. The first-order valence-electron chi connectivity index (χ1n) is 19.6. The molecule has 0 radical (unpaired) electrons. The molecule has 0 aliphatic carbocycles. The minimum absolute atomic E-state index is 0.815. The number of rotatable bonds is 8. The van der Waals surface area contributed by atoms with Crippen molar-refractivity contribution in [2.45, 2.75) is 0 Å². The van der Waals surface area contributed by atoms with E-state index in [1.165, 1.54) is 5.56 Å². The third-order valence-corrected chi connectivity index (χ3v) is 11.1. The van der Waals surface area contributed by atoms with Crippen LogP contribution in [0.1, 0.15) is 0 Å². The van der Waals surface area contributed by atoms with Gasteiger partial charge in [-0.2, -0.15) is 0 Å². The fourth-order valence-corrected chi connectivity index (χ4v) is 8.32. The average Bonchev–Trinajstić information content (AvgIpc) is 3.87. The molecular weight excluding hydrogens is 709 g/mol. The highest BCUT2D eigenvalue weighted by Crippen LogP contribution is 2.47. The maximum absolute atomic E-state index is 7.14. The van der Waals surface area contributed by atoms with Gasteiger partial charge in [0, 0.05) is 49.7 Å². The van der Waals surface area contributed by atoms with E-state index in [0.29, 0.717) is 0 Å². The van der Waals surface area contributed by atoms with Gasteiger partial charge in [0.15, 0.2) is 5.58 Å². The first-order chi connectivity index (χ1) is 28.8. The lowest BCUT2D eigenvalue weighted by molar-refractivity contribution is 0.670. The maximum Gasteiger partial charge on any atom is 0.159 e. The molecule has 0 unspecified atom stereocenters. The van der Waals surface area contributed by atoms with Crippen LogP contribution in [0, 0.1) is 0 Å². The van der Waals surface area contributed by atoms with Crippen LogP contribution >= 0.6 is 0 Å². The van der Waals surface area contributed by atoms with E-state index in [0.717, 1.165) is 100 Å². The van der Waals surface area contributed by atoms with Gasteiger partial charge < -0.3 is 19.1 Å². The smallest absolute Gasteiger partial charge is 0.159 e. The van der Waals surface area contributed by atoms with Crippen LogP contribution in [-0.4, -0.2) is 0 Å². The zero-order chi connectivity index (χ0) is 38.4. The molecule has 0 saturated carbocycles. The highest BCUT2D eigenvalue weighted by atomic mass is 16.3. The second kappa shape index (κ2) is 14.0. The van der Waals surface area contributed by atoms with Gasteiger partial charge in [0.25, 0.3) is 0 Å². The van der Waals surface area contributed by atoms with Crippen molar-refractivity contribution in [2.24, 2.45) is 0 Å². The van der Waals surface area contributed by atoms with Crippen molar-refractivity contribution in [2.75, 3.05) is 10.2 Å². The van der Waals surface area contributed by atoms with E-state index in [1.807, 2.05) is 36.4 Å². The standard InChI is InChI=1S/C54H36N2O2/c1-4-14-36(15-5-1)37-26-30-41(31-27-37)56(42-32-28-38(29-33-42)43-21-12-22-45-44-20-10-11-25-50(44)57-52(43)45)49-24-13-23-46-47-34-35-48(55-40-18-8-3-9-19-40)51(54(47)58-53(46)49)39-16-6-2-7-17-39/h1-35,55H. The van der Waals surface area contributed by atoms with Gasteiger partial charge in [-0.05, 0) is 82.9 Å². The number of nitrogens with one attached hydrogen (secondary N) is 1. The summed E-state index contributed by atoms with van der Waals surface area (Å²) in [5.41, 5.74) is 15.0. The lowest BCUT2D eigenvalue weighted by Crippen LogP contribution is -2.10. The van der Waals surface area contributed by atoms with Gasteiger partial charge in [-0.1, -0.05) is 152 Å². The molecular formula is C54H36N2O2. The van der Waals surface area contributed by atoms with E-state index in [9.17, 15) is 0 Å². The fraction of sp³-hybridized carbons (Fsp3) is 0. The van der Waals surface area contributed by atoms with Crippen LogP contribution in [-0.2, 0) is 0 Å². The lowest BCUT2D eigenvalue weighted by atomic mass is 9.99. The van der Waals surface area contributed by atoms with Gasteiger partial charge in [-0.3, -0.25) is 0 Å². The summed E-state index contributed by atoms with van der Waals surface area (Å²) in [5, 5.41) is 8.02. The third kappa shape index (κ3) is 5.78. The minimum atomic E-state index is 0.815. The van der Waals surface area contributed by atoms with Crippen molar-refractivity contribution in [1.29, 1.82) is 0 Å². The molecule has 4 nitrogen and oxygen atoms in total. The van der Waals surface area contributed by atoms with Gasteiger partial charge in [-0.25, -0.2) is 0 Å². The average molecular weight is 745 g/mol. The molecule has 11 aromatic rings. The predicted octanol–water partition coefficient (Wildman–Crippen LogP) is 15.7. The van der Waals surface area contributed by atoms with Crippen molar-refractivity contribution in [3.8, 4) is 33.4 Å². The molecule has 0 bridgehead atoms. The quantitative estimate of drug-likeness (QED) is 0.168. The van der Waals surface area contributed by atoms with Crippen LogP contribution in [0.25, 0.3) is 77.3 Å². The van der Waals surface area contributed by atoms with E-state index in [4.69, 9.17) is 8.83 Å². The second-order valence-electron chi connectivity index (χ2n) is 14.6. The summed E-state index contributed by atoms with van der Waals surface area (Å²) in [6.07, 6.45) is 0. The molecule has 11 rings (SSSR count). The second-order valence-corrected chi connectivity index (χ2v) is 14.6. The Hall–Kier alpha value is -7.82. The molecule has 1 N–H and O–H groups in total. The zero-order valence-corrected chi connectivity index (χ0v) is 31.5. The first kappa shape index (κ1) is 33.5. The third-order valence-electron chi connectivity index (χ3n) is 11.1. The molecule has 9 aromatic carbocycles. The Balaban J connectivity index is 1.09. The summed E-state index contributed by atoms with van der Waals surface area (Å²) >= 11 is 0. The molecule has 0 atom stereocenters. The van der Waals surface area contributed by atoms with Crippen molar-refractivity contribution in [3.05, 3.63) is 212 Å². The number of furan rings is 2. The van der Waals surface area contributed by atoms with E-state index in [1.54, 1.807) is 0 Å². The predicted molar refractivity (Wildman–Crippen MR) is 242 cm³/mol. The summed E-state index contributed by atoms with van der Waals surface area (Å²) < 4.78 is 13.6. The highest BCUT2D eigenvalue weighted by Gasteiger charge is 2.23. The largest absolute Gasteiger partial charge is 0.455 e. The van der Waals surface area contributed by atoms with E-state index < -0.39 is 0 Å². The van der Waals surface area contributed by atoms with E-state index in [2.05, 4.69) is 186 Å². The number of benzene rings is 9. The molecule has 0 saturated heterocycles. The Bertz CT molecular complexity index is 3220. The Morgan fingerprint density at radius 3 is 1.62 bits per heavy atom. The molecule has 0 aliphatic heterocycles. The summed E-state index contributed by atoms with van der Waals surface area (Å²) in [4.78, 5) is 2.30.